The summed E-state index contributed by atoms with van der Waals surface area (Å²) in [5.41, 5.74) is 0. The second kappa shape index (κ2) is 321. The summed E-state index contributed by atoms with van der Waals surface area (Å²) in [6, 6.07) is 0. The molecule has 6 N–H and O–H groups in total. The quantitative estimate of drug-likeness (QED) is 0.0250. The molecule has 120 heavy (non-hydrogen) atoms. The maximum atomic E-state index is 9.05. The average Bonchev–Trinajstić information content (AvgIpc) is 0.973. The molecule has 0 radical (unpaired) electrons. The fraction of sp³-hybridized carbons (Fsp3) is 0.769. The summed E-state index contributed by atoms with van der Waals surface area (Å²) in [7, 11) is 0. The SMILES string of the molecule is CC[N+](CC)(CC)CC.CC[N+](CC)(CC)CC.CC[N+](CC)(CC)CC.CC[N+](CC)(CC)CC.CC[N+](CC)(CC)CC.CC[N+](CC)(CC)CC.[C-]#[O+].[C-]#[O+].[C-]#[O+].[C-]#[O+].[C-]#[O+].[C-]#[O+].[C-]#[O+].[C-]#[O+].[C-]#[O+].[C-]#[O+].[C-]#[O+].[C-]#[O+].[C-]#[O+].[C-]#[O+].[C-]#[O+].[C-]#[O+].[C-]#[O+].[C-]#[O+].[Mo].[Mo].[Mo].[Mo].[Mo].[Mo].[O-]CCO.[O-]CCO.[O-]CCO.[O-]CCO.[O-]CCO.[O-]CCO. The van der Waals surface area contributed by atoms with Crippen molar-refractivity contribution in [1.29, 1.82) is 0 Å². The van der Waals surface area contributed by atoms with Gasteiger partial charge in [-0.15, -0.1) is 39.6 Å². The molecule has 0 aromatic carbocycles. The Labute approximate surface area is 814 Å². The van der Waals surface area contributed by atoms with E-state index in [4.69, 9.17) is 145 Å². The van der Waals surface area contributed by atoms with Crippen LogP contribution < -0.4 is 30.6 Å². The normalized spacial score (nSPS) is 7.20. The number of hydrogen-bond acceptors (Lipinski definition) is 12. The van der Waals surface area contributed by atoms with Crippen molar-refractivity contribution in [3.8, 4) is 0 Å². The number of quaternary nitrogens is 6. The van der Waals surface area contributed by atoms with E-state index >= 15 is 0 Å². The Balaban J connectivity index is -0.0000000183. The monoisotopic (exact) mass is 2240 g/mol. The Bertz CT molecular complexity index is 1270. The Morgan fingerprint density at radius 1 is 0.133 bits per heavy atom. The van der Waals surface area contributed by atoms with Crippen molar-refractivity contribution < 1.29 is 298 Å². The van der Waals surface area contributed by atoms with E-state index < -0.39 is 0 Å². The number of aliphatic hydroxyl groups excluding tert-OH is 6. The number of nitrogens with zero attached hydrogens (tertiary/aromatic N) is 6. The third-order valence-corrected chi connectivity index (χ3v) is 16.6. The van der Waals surface area contributed by atoms with Gasteiger partial charge in [0, 0.05) is 166 Å². The van der Waals surface area contributed by atoms with Crippen molar-refractivity contribution in [3.63, 3.8) is 0 Å². The fourth-order valence-corrected chi connectivity index (χ4v) is 8.05. The average molecular weight is 2230 g/mol. The van der Waals surface area contributed by atoms with Crippen LogP contribution in [-0.2, 0) is 210 Å². The zero-order valence-electron chi connectivity index (χ0n) is 76.1. The minimum absolute atomic E-state index is 0. The zero-order valence-corrected chi connectivity index (χ0v) is 88.1. The zero-order chi connectivity index (χ0) is 100. The second-order valence-electron chi connectivity index (χ2n) is 18.2. The summed E-state index contributed by atoms with van der Waals surface area (Å²) < 4.78 is 143. The van der Waals surface area contributed by atoms with Crippen LogP contribution in [0.15, 0.2) is 0 Å². The third-order valence-electron chi connectivity index (χ3n) is 16.6. The molecular formula is C78H150Mo6N6O30. The van der Waals surface area contributed by atoms with Crippen molar-refractivity contribution in [1.82, 2.24) is 0 Å². The molecule has 708 valence electrons. The van der Waals surface area contributed by atoms with Crippen molar-refractivity contribution in [2.24, 2.45) is 0 Å². The van der Waals surface area contributed by atoms with Crippen LogP contribution in [0.2, 0.25) is 0 Å². The molecule has 0 unspecified atom stereocenters. The Kier molecular flexibility index (Phi) is 642. The van der Waals surface area contributed by atoms with Gasteiger partial charge >= 0.3 is 203 Å². The van der Waals surface area contributed by atoms with Gasteiger partial charge in [0.25, 0.3) is 0 Å². The van der Waals surface area contributed by atoms with Crippen LogP contribution in [0.3, 0.4) is 0 Å². The number of aliphatic hydroxyl groups is 6. The van der Waals surface area contributed by atoms with E-state index in [1.807, 2.05) is 0 Å². The summed E-state index contributed by atoms with van der Waals surface area (Å²) in [5, 5.41) is 99.7. The fourth-order valence-electron chi connectivity index (χ4n) is 8.05. The molecule has 42 heteroatoms. The molecule has 0 saturated carbocycles. The minimum Gasteiger partial charge on any atom is -0.853 e. The molecule has 0 atom stereocenters. The van der Waals surface area contributed by atoms with Crippen molar-refractivity contribution in [3.05, 3.63) is 120 Å². The summed E-state index contributed by atoms with van der Waals surface area (Å²) in [6.45, 7) is 163. The molecule has 0 aliphatic rings. The molecule has 0 bridgehead atoms. The summed E-state index contributed by atoms with van der Waals surface area (Å²) in [5.74, 6) is 0. The largest absolute Gasteiger partial charge is 0.853 e. The summed E-state index contributed by atoms with van der Waals surface area (Å²) >= 11 is 0. The topological polar surface area (TPSA) is 618 Å². The first-order valence-electron chi connectivity index (χ1n) is 34.9. The molecule has 0 aliphatic carbocycles. The van der Waals surface area contributed by atoms with Crippen LogP contribution in [0.4, 0.5) is 0 Å². The standard InChI is InChI=1S/6C8H20N.6C2H5O2.18CO.6Mo/c6*1-5-9(6-2,7-3)8-4;6*3-1-2-4;18*1-2;;;;;;/h6*5-8H2,1-4H3;6*3H,1-2H2;;;;;;;;;;;;;;;;;;;;;;;;/q6*+1;6*-1;;;;;;;;;;;;;;;;;;;;;;;;. The summed E-state index contributed by atoms with van der Waals surface area (Å²) in [6.07, 6.45) is 0. The first-order chi connectivity index (χ1) is 54.9. The first-order valence-corrected chi connectivity index (χ1v) is 34.9. The van der Waals surface area contributed by atoms with Gasteiger partial charge in [-0.3, -0.25) is 0 Å². The van der Waals surface area contributed by atoms with Crippen molar-refractivity contribution in [2.75, 3.05) is 236 Å². The van der Waals surface area contributed by atoms with Gasteiger partial charge in [0.15, 0.2) is 0 Å². The first kappa shape index (κ1) is 240. The van der Waals surface area contributed by atoms with Gasteiger partial charge in [-0.2, -0.15) is 0 Å². The molecule has 0 aliphatic heterocycles. The van der Waals surface area contributed by atoms with E-state index in [-0.39, 0.29) is 206 Å². The number of rotatable bonds is 30. The number of hydrogen-bond donors (Lipinski definition) is 6. The Hall–Kier alpha value is -1.27. The van der Waals surface area contributed by atoms with Crippen LogP contribution >= 0.6 is 0 Å². The smallest absolute Gasteiger partial charge is 0.0277 e. The summed E-state index contributed by atoms with van der Waals surface area (Å²) in [4.78, 5) is 0. The van der Waals surface area contributed by atoms with Crippen molar-refractivity contribution in [2.45, 2.75) is 166 Å². The van der Waals surface area contributed by atoms with Crippen molar-refractivity contribution >= 4 is 0 Å². The maximum absolute atomic E-state index is 9.05. The maximum Gasteiger partial charge on any atom is 0.0277 e. The van der Waals surface area contributed by atoms with Gasteiger partial charge in [0.05, 0.1) is 157 Å². The molecule has 0 aromatic heterocycles. The molecule has 0 spiro atoms. The molecule has 0 amide bonds. The Morgan fingerprint density at radius 2 is 0.158 bits per heavy atom. The van der Waals surface area contributed by atoms with E-state index in [1.54, 1.807) is 0 Å². The van der Waals surface area contributed by atoms with Gasteiger partial charge in [-0.1, -0.05) is 0 Å². The van der Waals surface area contributed by atoms with Crippen LogP contribution in [0.5, 0.6) is 0 Å². The predicted molar refractivity (Wildman–Crippen MR) is 397 cm³/mol. The molecule has 0 heterocycles. The van der Waals surface area contributed by atoms with Crippen LogP contribution in [0.1, 0.15) is 166 Å². The predicted octanol–water partition coefficient (Wildman–Crippen LogP) is 0.641. The van der Waals surface area contributed by atoms with Crippen LogP contribution in [-0.4, -0.2) is 294 Å². The van der Waals surface area contributed by atoms with Crippen LogP contribution in [0, 0.1) is 120 Å². The van der Waals surface area contributed by atoms with Gasteiger partial charge in [-0.05, 0) is 166 Å². The van der Waals surface area contributed by atoms with Gasteiger partial charge < -0.3 is 88.2 Å². The second-order valence-corrected chi connectivity index (χ2v) is 18.2. The Morgan fingerprint density at radius 3 is 0.158 bits per heavy atom. The molecular weight excluding hydrogens is 2080 g/mol. The van der Waals surface area contributed by atoms with Gasteiger partial charge in [-0.25, -0.2) is 0 Å². The van der Waals surface area contributed by atoms with E-state index in [1.165, 1.54) is 184 Å². The van der Waals surface area contributed by atoms with Gasteiger partial charge in [0.2, 0.25) is 0 Å². The molecule has 0 rings (SSSR count). The molecule has 0 fully saturated rings. The third kappa shape index (κ3) is 266. The molecule has 0 aromatic rings. The molecule has 36 nitrogen and oxygen atoms in total. The van der Waals surface area contributed by atoms with E-state index in [0.29, 0.717) is 0 Å². The van der Waals surface area contributed by atoms with E-state index in [0.717, 1.165) is 0 Å². The van der Waals surface area contributed by atoms with Gasteiger partial charge in [0.1, 0.15) is 0 Å². The van der Waals surface area contributed by atoms with E-state index in [9.17, 15) is 0 Å². The minimum atomic E-state index is -0.375. The molecule has 0 saturated heterocycles. The van der Waals surface area contributed by atoms with Crippen LogP contribution in [0.25, 0.3) is 0 Å². The van der Waals surface area contributed by atoms with E-state index in [2.05, 4.69) is 286 Å².